The first kappa shape index (κ1) is 10.1. The molecule has 1 aromatic carbocycles. The zero-order valence-corrected chi connectivity index (χ0v) is 8.78. The number of benzene rings is 1. The van der Waals surface area contributed by atoms with Gasteiger partial charge in [0.2, 0.25) is 0 Å². The Morgan fingerprint density at radius 3 is 2.60 bits per heavy atom. The molecule has 0 atom stereocenters. The number of hydrogen-bond acceptors (Lipinski definition) is 2. The van der Waals surface area contributed by atoms with Crippen molar-refractivity contribution in [2.75, 3.05) is 0 Å². The molecule has 0 saturated carbocycles. The fourth-order valence-corrected chi connectivity index (χ4v) is 1.62. The van der Waals surface area contributed by atoms with Crippen LogP contribution in [-0.2, 0) is 6.61 Å². The zero-order valence-electron chi connectivity index (χ0n) is 8.02. The minimum absolute atomic E-state index is 0.0724. The van der Waals surface area contributed by atoms with Gasteiger partial charge in [0.25, 0.3) is 0 Å². The van der Waals surface area contributed by atoms with Gasteiger partial charge in [-0.3, -0.25) is 4.98 Å². The number of rotatable bonds is 2. The molecule has 1 aromatic heterocycles. The van der Waals surface area contributed by atoms with Crippen LogP contribution in [0.5, 0.6) is 0 Å². The van der Waals surface area contributed by atoms with Crippen LogP contribution < -0.4 is 0 Å². The molecule has 0 radical (unpaired) electrons. The average molecular weight is 220 g/mol. The molecule has 0 spiro atoms. The predicted octanol–water partition coefficient (Wildman–Crippen LogP) is 2.89. The second-order valence-corrected chi connectivity index (χ2v) is 3.59. The van der Waals surface area contributed by atoms with Gasteiger partial charge in [0.15, 0.2) is 0 Å². The van der Waals surface area contributed by atoms with E-state index in [1.54, 1.807) is 12.3 Å². The van der Waals surface area contributed by atoms with Crippen LogP contribution in [0.1, 0.15) is 5.69 Å². The van der Waals surface area contributed by atoms with E-state index in [1.165, 1.54) is 0 Å². The molecule has 76 valence electrons. The number of hydrogen-bond donors (Lipinski definition) is 1. The molecule has 15 heavy (non-hydrogen) atoms. The molecule has 0 aliphatic rings. The quantitative estimate of drug-likeness (QED) is 0.843. The minimum atomic E-state index is -0.0724. The van der Waals surface area contributed by atoms with Crippen LogP contribution in [0.15, 0.2) is 42.6 Å². The fourth-order valence-electron chi connectivity index (χ4n) is 1.41. The maximum absolute atomic E-state index is 8.99. The Hall–Kier alpha value is -1.38. The van der Waals surface area contributed by atoms with E-state index in [0.717, 1.165) is 11.1 Å². The van der Waals surface area contributed by atoms with Crippen molar-refractivity contribution >= 4 is 11.6 Å². The van der Waals surface area contributed by atoms with E-state index in [1.807, 2.05) is 30.3 Å². The Kier molecular flexibility index (Phi) is 2.99. The molecular weight excluding hydrogens is 210 g/mol. The summed E-state index contributed by atoms with van der Waals surface area (Å²) in [5.74, 6) is 0. The van der Waals surface area contributed by atoms with E-state index in [2.05, 4.69) is 4.98 Å². The smallest absolute Gasteiger partial charge is 0.0853 e. The van der Waals surface area contributed by atoms with Gasteiger partial charge in [-0.2, -0.15) is 0 Å². The van der Waals surface area contributed by atoms with Gasteiger partial charge in [0.1, 0.15) is 0 Å². The summed E-state index contributed by atoms with van der Waals surface area (Å²) < 4.78 is 0. The lowest BCUT2D eigenvalue weighted by atomic mass is 10.1. The van der Waals surface area contributed by atoms with E-state index in [-0.39, 0.29) is 6.61 Å². The van der Waals surface area contributed by atoms with Crippen molar-refractivity contribution in [3.05, 3.63) is 53.3 Å². The van der Waals surface area contributed by atoms with Crippen LogP contribution in [0.25, 0.3) is 11.1 Å². The molecule has 0 fully saturated rings. The highest BCUT2D eigenvalue weighted by Gasteiger charge is 2.04. The van der Waals surface area contributed by atoms with Gasteiger partial charge in [-0.25, -0.2) is 0 Å². The second-order valence-electron chi connectivity index (χ2n) is 3.18. The van der Waals surface area contributed by atoms with Gasteiger partial charge >= 0.3 is 0 Å². The second kappa shape index (κ2) is 4.43. The summed E-state index contributed by atoms with van der Waals surface area (Å²) in [5, 5.41) is 9.59. The third-order valence-electron chi connectivity index (χ3n) is 2.16. The first-order valence-electron chi connectivity index (χ1n) is 4.62. The van der Waals surface area contributed by atoms with Crippen LogP contribution in [0.3, 0.4) is 0 Å². The van der Waals surface area contributed by atoms with Crippen molar-refractivity contribution in [1.29, 1.82) is 0 Å². The zero-order chi connectivity index (χ0) is 10.7. The molecule has 0 aliphatic heterocycles. The Morgan fingerprint density at radius 1 is 1.20 bits per heavy atom. The molecule has 0 bridgehead atoms. The first-order chi connectivity index (χ1) is 7.31. The lowest BCUT2D eigenvalue weighted by Gasteiger charge is -2.05. The van der Waals surface area contributed by atoms with Gasteiger partial charge in [0, 0.05) is 11.8 Å². The third-order valence-corrected chi connectivity index (χ3v) is 2.46. The molecule has 0 aliphatic carbocycles. The highest BCUT2D eigenvalue weighted by atomic mass is 35.5. The van der Waals surface area contributed by atoms with E-state index in [0.29, 0.717) is 10.7 Å². The molecule has 2 aromatic rings. The lowest BCUT2D eigenvalue weighted by Crippen LogP contribution is -1.90. The van der Waals surface area contributed by atoms with Crippen molar-refractivity contribution in [3.8, 4) is 11.1 Å². The van der Waals surface area contributed by atoms with Crippen LogP contribution >= 0.6 is 11.6 Å². The Bertz CT molecular complexity index is 456. The maximum Gasteiger partial charge on any atom is 0.0853 e. The Balaban J connectivity index is 2.52. The molecule has 0 unspecified atom stereocenters. The third kappa shape index (κ3) is 2.17. The predicted molar refractivity (Wildman–Crippen MR) is 60.6 cm³/mol. The minimum Gasteiger partial charge on any atom is -0.390 e. The van der Waals surface area contributed by atoms with Gasteiger partial charge in [-0.15, -0.1) is 0 Å². The van der Waals surface area contributed by atoms with Crippen molar-refractivity contribution < 1.29 is 5.11 Å². The van der Waals surface area contributed by atoms with Crippen LogP contribution in [-0.4, -0.2) is 10.1 Å². The average Bonchev–Trinajstić information content (AvgIpc) is 2.31. The first-order valence-corrected chi connectivity index (χ1v) is 5.00. The summed E-state index contributed by atoms with van der Waals surface area (Å²) >= 11 is 6.04. The standard InChI is InChI=1S/C12H10ClNO/c13-12-7-14-10(8-15)6-11(12)9-4-2-1-3-5-9/h1-7,15H,8H2. The number of aliphatic hydroxyl groups excluding tert-OH is 1. The van der Waals surface area contributed by atoms with Crippen LogP contribution in [0.4, 0.5) is 0 Å². The monoisotopic (exact) mass is 219 g/mol. The number of aromatic nitrogens is 1. The molecule has 1 N–H and O–H groups in total. The normalized spacial score (nSPS) is 10.3. The molecule has 0 amide bonds. The maximum atomic E-state index is 8.99. The molecule has 3 heteroatoms. The number of aliphatic hydroxyl groups is 1. The van der Waals surface area contributed by atoms with E-state index in [9.17, 15) is 0 Å². The summed E-state index contributed by atoms with van der Waals surface area (Å²) in [6.07, 6.45) is 1.56. The van der Waals surface area contributed by atoms with Crippen LogP contribution in [0.2, 0.25) is 5.02 Å². The Morgan fingerprint density at radius 2 is 1.93 bits per heavy atom. The van der Waals surface area contributed by atoms with Crippen LogP contribution in [0, 0.1) is 0 Å². The Labute approximate surface area is 93.2 Å². The highest BCUT2D eigenvalue weighted by Crippen LogP contribution is 2.27. The summed E-state index contributed by atoms with van der Waals surface area (Å²) in [6, 6.07) is 11.6. The number of nitrogens with zero attached hydrogens (tertiary/aromatic N) is 1. The molecular formula is C12H10ClNO. The largest absolute Gasteiger partial charge is 0.390 e. The van der Waals surface area contributed by atoms with Gasteiger partial charge in [-0.05, 0) is 11.6 Å². The molecule has 2 nitrogen and oxygen atoms in total. The van der Waals surface area contributed by atoms with E-state index >= 15 is 0 Å². The summed E-state index contributed by atoms with van der Waals surface area (Å²) in [4.78, 5) is 4.00. The lowest BCUT2D eigenvalue weighted by molar-refractivity contribution is 0.277. The molecule has 2 rings (SSSR count). The number of halogens is 1. The van der Waals surface area contributed by atoms with Gasteiger partial charge in [0.05, 0.1) is 17.3 Å². The molecule has 1 heterocycles. The van der Waals surface area contributed by atoms with Crippen molar-refractivity contribution in [2.24, 2.45) is 0 Å². The van der Waals surface area contributed by atoms with Crippen molar-refractivity contribution in [3.63, 3.8) is 0 Å². The fraction of sp³-hybridized carbons (Fsp3) is 0.0833. The van der Waals surface area contributed by atoms with Crippen molar-refractivity contribution in [2.45, 2.75) is 6.61 Å². The van der Waals surface area contributed by atoms with Crippen molar-refractivity contribution in [1.82, 2.24) is 4.98 Å². The summed E-state index contributed by atoms with van der Waals surface area (Å²) in [5.41, 5.74) is 2.55. The van der Waals surface area contributed by atoms with E-state index < -0.39 is 0 Å². The molecule has 0 saturated heterocycles. The summed E-state index contributed by atoms with van der Waals surface area (Å²) in [6.45, 7) is -0.0724. The number of pyridine rings is 1. The summed E-state index contributed by atoms with van der Waals surface area (Å²) in [7, 11) is 0. The highest BCUT2D eigenvalue weighted by molar-refractivity contribution is 6.33. The topological polar surface area (TPSA) is 33.1 Å². The van der Waals surface area contributed by atoms with Gasteiger partial charge in [-0.1, -0.05) is 41.9 Å². The SMILES string of the molecule is OCc1cc(-c2ccccc2)c(Cl)cn1. The van der Waals surface area contributed by atoms with E-state index in [4.69, 9.17) is 16.7 Å². The van der Waals surface area contributed by atoms with Gasteiger partial charge < -0.3 is 5.11 Å².